The van der Waals surface area contributed by atoms with Crippen molar-refractivity contribution in [2.75, 3.05) is 47.6 Å². The standard InChI is InChI=1S/C26H29N3O6.C10H14O4/c1-17-22(25(30)34-4)24(20-11-8-12-21(15-20)29(32)33)23(18(2)27-17)26(31)35-14-13-28(3)16-19-9-6-5-7-10-19;1-13-9-4-2-3-5-10(9)14-7-8(12)6-11/h5-12,15,24,27H,13-14,16H2,1-4H3;2-5,8,11-12H,6-7H2,1H3. The van der Waals surface area contributed by atoms with Crippen LogP contribution in [0, 0.1) is 10.1 Å². The number of nitro groups is 1. The van der Waals surface area contributed by atoms with Crippen LogP contribution in [0.15, 0.2) is 101 Å². The van der Waals surface area contributed by atoms with Crippen molar-refractivity contribution in [3.8, 4) is 11.5 Å². The number of hydrogen-bond acceptors (Lipinski definition) is 12. The van der Waals surface area contributed by atoms with Gasteiger partial charge < -0.3 is 34.5 Å². The summed E-state index contributed by atoms with van der Waals surface area (Å²) in [7, 11) is 4.73. The number of esters is 2. The molecule has 3 N–H and O–H groups in total. The van der Waals surface area contributed by atoms with Gasteiger partial charge in [0.1, 0.15) is 19.3 Å². The monoisotopic (exact) mass is 677 g/mol. The van der Waals surface area contributed by atoms with Crippen LogP contribution < -0.4 is 14.8 Å². The molecule has 3 aromatic carbocycles. The minimum absolute atomic E-state index is 0.0525. The van der Waals surface area contributed by atoms with Gasteiger partial charge in [0, 0.05) is 36.6 Å². The van der Waals surface area contributed by atoms with Crippen LogP contribution in [-0.2, 0) is 25.6 Å². The van der Waals surface area contributed by atoms with Crippen molar-refractivity contribution in [3.05, 3.63) is 123 Å². The summed E-state index contributed by atoms with van der Waals surface area (Å²) in [6.07, 6.45) is -0.861. The molecule has 1 heterocycles. The molecular weight excluding hydrogens is 634 g/mol. The van der Waals surface area contributed by atoms with Crippen LogP contribution in [0.3, 0.4) is 0 Å². The predicted molar refractivity (Wildman–Crippen MR) is 182 cm³/mol. The molecule has 0 saturated carbocycles. The van der Waals surface area contributed by atoms with E-state index in [0.29, 0.717) is 41.5 Å². The van der Waals surface area contributed by atoms with Crippen LogP contribution in [0.4, 0.5) is 5.69 Å². The first-order chi connectivity index (χ1) is 23.5. The minimum atomic E-state index is -0.877. The number of aliphatic hydroxyl groups excluding tert-OH is 2. The number of likely N-dealkylation sites (N-methyl/N-ethyl adjacent to an activating group) is 1. The van der Waals surface area contributed by atoms with Crippen molar-refractivity contribution in [2.24, 2.45) is 0 Å². The number of aliphatic hydroxyl groups is 2. The van der Waals surface area contributed by atoms with Crippen LogP contribution in [0.25, 0.3) is 0 Å². The normalized spacial score (nSPS) is 14.7. The van der Waals surface area contributed by atoms with Crippen LogP contribution in [0.2, 0.25) is 0 Å². The number of non-ortho nitro benzene ring substituents is 1. The highest BCUT2D eigenvalue weighted by Crippen LogP contribution is 2.40. The van der Waals surface area contributed by atoms with E-state index in [0.717, 1.165) is 5.56 Å². The van der Waals surface area contributed by atoms with Crippen molar-refractivity contribution < 1.29 is 43.7 Å². The second-order valence-electron chi connectivity index (χ2n) is 11.1. The van der Waals surface area contributed by atoms with E-state index in [9.17, 15) is 19.7 Å². The number of hydrogen-bond donors (Lipinski definition) is 3. The van der Waals surface area contributed by atoms with E-state index < -0.39 is 28.9 Å². The zero-order chi connectivity index (χ0) is 35.9. The maximum Gasteiger partial charge on any atom is 0.336 e. The molecule has 0 amide bonds. The molecule has 262 valence electrons. The largest absolute Gasteiger partial charge is 0.493 e. The number of allylic oxidation sites excluding steroid dienone is 2. The summed E-state index contributed by atoms with van der Waals surface area (Å²) in [5.41, 5.74) is 2.85. The number of ether oxygens (including phenoxy) is 4. The smallest absolute Gasteiger partial charge is 0.336 e. The average molecular weight is 678 g/mol. The molecule has 1 aliphatic heterocycles. The van der Waals surface area contributed by atoms with E-state index >= 15 is 0 Å². The first-order valence-electron chi connectivity index (χ1n) is 15.5. The predicted octanol–water partition coefficient (Wildman–Crippen LogP) is 4.11. The third-order valence-corrected chi connectivity index (χ3v) is 7.51. The van der Waals surface area contributed by atoms with E-state index in [4.69, 9.17) is 29.2 Å². The molecule has 1 aliphatic rings. The second kappa shape index (κ2) is 18.9. The molecule has 49 heavy (non-hydrogen) atoms. The summed E-state index contributed by atoms with van der Waals surface area (Å²) in [4.78, 5) is 38.8. The molecule has 13 heteroatoms. The first-order valence-corrected chi connectivity index (χ1v) is 15.5. The highest BCUT2D eigenvalue weighted by molar-refractivity contribution is 5.99. The van der Waals surface area contributed by atoms with Gasteiger partial charge in [0.2, 0.25) is 0 Å². The lowest BCUT2D eigenvalue weighted by atomic mass is 9.80. The SMILES string of the molecule is COC(=O)C1=C(C)NC(C)=C(C(=O)OCCN(C)Cc2ccccc2)C1c1cccc([N+](=O)[O-])c1.COc1ccccc1OCC(O)CO. The van der Waals surface area contributed by atoms with Crippen molar-refractivity contribution in [1.82, 2.24) is 10.2 Å². The fourth-order valence-electron chi connectivity index (χ4n) is 5.12. The molecular formula is C36H43N3O10. The Kier molecular flexibility index (Phi) is 14.8. The number of nitrogens with one attached hydrogen (secondary N) is 1. The molecule has 0 spiro atoms. The third kappa shape index (κ3) is 10.9. The summed E-state index contributed by atoms with van der Waals surface area (Å²) in [5, 5.41) is 32.1. The zero-order valence-corrected chi connectivity index (χ0v) is 28.3. The Morgan fingerprint density at radius 3 is 2.18 bits per heavy atom. The van der Waals surface area contributed by atoms with Gasteiger partial charge in [0.05, 0.1) is 42.8 Å². The van der Waals surface area contributed by atoms with Gasteiger partial charge in [-0.3, -0.25) is 15.0 Å². The minimum Gasteiger partial charge on any atom is -0.493 e. The molecule has 0 saturated heterocycles. The number of benzene rings is 3. The summed E-state index contributed by atoms with van der Waals surface area (Å²) in [5.74, 6) is -0.946. The summed E-state index contributed by atoms with van der Waals surface area (Å²) < 4.78 is 20.9. The van der Waals surface area contributed by atoms with E-state index in [1.165, 1.54) is 25.3 Å². The average Bonchev–Trinajstić information content (AvgIpc) is 3.10. The van der Waals surface area contributed by atoms with Crippen LogP contribution in [-0.4, -0.2) is 85.7 Å². The Morgan fingerprint density at radius 2 is 1.57 bits per heavy atom. The highest BCUT2D eigenvalue weighted by atomic mass is 16.6. The maximum absolute atomic E-state index is 13.3. The number of dihydropyridines is 1. The second-order valence-corrected chi connectivity index (χ2v) is 11.1. The Hall–Kier alpha value is -5.24. The fourth-order valence-corrected chi connectivity index (χ4v) is 5.12. The van der Waals surface area contributed by atoms with E-state index in [1.807, 2.05) is 54.4 Å². The van der Waals surface area contributed by atoms with Crippen LogP contribution in [0.5, 0.6) is 11.5 Å². The molecule has 3 aromatic rings. The number of methoxy groups -OCH3 is 2. The Labute approximate surface area is 285 Å². The van der Waals surface area contributed by atoms with E-state index in [-0.39, 0.29) is 36.7 Å². The van der Waals surface area contributed by atoms with Gasteiger partial charge in [-0.2, -0.15) is 0 Å². The molecule has 4 rings (SSSR count). The molecule has 13 nitrogen and oxygen atoms in total. The number of para-hydroxylation sites is 2. The Bertz CT molecular complexity index is 1640. The fraction of sp³-hybridized carbons (Fsp3) is 0.333. The number of nitro benzene ring substituents is 1. The topological polar surface area (TPSA) is 170 Å². The first kappa shape index (κ1) is 38.2. The summed E-state index contributed by atoms with van der Waals surface area (Å²) in [6, 6.07) is 23.0. The molecule has 0 aromatic heterocycles. The van der Waals surface area contributed by atoms with Gasteiger partial charge in [0.25, 0.3) is 5.69 Å². The maximum atomic E-state index is 13.3. The highest BCUT2D eigenvalue weighted by Gasteiger charge is 2.38. The molecule has 0 radical (unpaired) electrons. The van der Waals surface area contributed by atoms with Crippen molar-refractivity contribution in [1.29, 1.82) is 0 Å². The number of nitrogens with zero attached hydrogens (tertiary/aromatic N) is 2. The van der Waals surface area contributed by atoms with E-state index in [2.05, 4.69) is 5.32 Å². The Morgan fingerprint density at radius 1 is 0.939 bits per heavy atom. The van der Waals surface area contributed by atoms with Gasteiger partial charge >= 0.3 is 11.9 Å². The lowest BCUT2D eigenvalue weighted by Gasteiger charge is -2.30. The van der Waals surface area contributed by atoms with Gasteiger partial charge in [0.15, 0.2) is 11.5 Å². The summed E-state index contributed by atoms with van der Waals surface area (Å²) >= 11 is 0. The van der Waals surface area contributed by atoms with Crippen molar-refractivity contribution in [3.63, 3.8) is 0 Å². The quantitative estimate of drug-likeness (QED) is 0.127. The Balaban J connectivity index is 0.000000388. The molecule has 0 fully saturated rings. The number of carbonyl (C=O) groups excluding carboxylic acids is 2. The zero-order valence-electron chi connectivity index (χ0n) is 28.3. The van der Waals surface area contributed by atoms with Crippen molar-refractivity contribution in [2.45, 2.75) is 32.4 Å². The van der Waals surface area contributed by atoms with Gasteiger partial charge in [-0.05, 0) is 44.2 Å². The summed E-state index contributed by atoms with van der Waals surface area (Å²) in [6.45, 7) is 4.48. The lowest BCUT2D eigenvalue weighted by Crippen LogP contribution is -2.33. The van der Waals surface area contributed by atoms with E-state index in [1.54, 1.807) is 39.2 Å². The van der Waals surface area contributed by atoms with Crippen LogP contribution >= 0.6 is 0 Å². The molecule has 0 bridgehead atoms. The van der Waals surface area contributed by atoms with Gasteiger partial charge in [-0.1, -0.05) is 54.6 Å². The van der Waals surface area contributed by atoms with Gasteiger partial charge in [-0.15, -0.1) is 0 Å². The number of carbonyl (C=O) groups is 2. The van der Waals surface area contributed by atoms with Gasteiger partial charge in [-0.25, -0.2) is 9.59 Å². The molecule has 0 aliphatic carbocycles. The third-order valence-electron chi connectivity index (χ3n) is 7.51. The molecule has 2 atom stereocenters. The van der Waals surface area contributed by atoms with Crippen molar-refractivity contribution >= 4 is 17.6 Å². The molecule has 2 unspecified atom stereocenters. The lowest BCUT2D eigenvalue weighted by molar-refractivity contribution is -0.384. The van der Waals surface area contributed by atoms with Crippen LogP contribution in [0.1, 0.15) is 30.9 Å². The number of rotatable bonds is 14.